The van der Waals surface area contributed by atoms with Gasteiger partial charge >= 0.3 is 6.03 Å². The highest BCUT2D eigenvalue weighted by Crippen LogP contribution is 2.24. The van der Waals surface area contributed by atoms with Crippen molar-refractivity contribution >= 4 is 17.8 Å². The minimum atomic E-state index is -0.220. The van der Waals surface area contributed by atoms with Crippen molar-refractivity contribution in [3.8, 4) is 0 Å². The molecule has 1 saturated heterocycles. The minimum Gasteiger partial charge on any atom is -0.369 e. The summed E-state index contributed by atoms with van der Waals surface area (Å²) < 4.78 is 0. The molecule has 1 aromatic rings. The summed E-state index contributed by atoms with van der Waals surface area (Å²) in [6.07, 6.45) is 6.81. The predicted molar refractivity (Wildman–Crippen MR) is 96.1 cm³/mol. The summed E-state index contributed by atoms with van der Waals surface area (Å²) in [5.74, 6) is 0.746. The van der Waals surface area contributed by atoms with Crippen molar-refractivity contribution < 1.29 is 9.59 Å². The van der Waals surface area contributed by atoms with Gasteiger partial charge in [0.05, 0.1) is 0 Å². The number of nitrogens with one attached hydrogen (secondary N) is 2. The summed E-state index contributed by atoms with van der Waals surface area (Å²) in [5.41, 5.74) is 5.34. The average Bonchev–Trinajstić information content (AvgIpc) is 2.63. The number of nitrogens with two attached hydrogens (primary N) is 1. The first-order valence-electron chi connectivity index (χ1n) is 9.14. The van der Waals surface area contributed by atoms with Crippen molar-refractivity contribution in [2.75, 3.05) is 18.0 Å². The number of piperidine rings is 1. The number of hydrogen-bond donors (Lipinski definition) is 3. The predicted octanol–water partition coefficient (Wildman–Crippen LogP) is 1.39. The quantitative estimate of drug-likeness (QED) is 0.768. The van der Waals surface area contributed by atoms with Gasteiger partial charge in [0.2, 0.25) is 5.91 Å². The van der Waals surface area contributed by atoms with E-state index in [1.807, 2.05) is 18.2 Å². The number of primary amides is 1. The number of carbonyl (C=O) groups is 2. The number of aromatic nitrogens is 1. The molecule has 7 nitrogen and oxygen atoms in total. The summed E-state index contributed by atoms with van der Waals surface area (Å²) in [7, 11) is 0. The van der Waals surface area contributed by atoms with Gasteiger partial charge in [-0.1, -0.05) is 6.07 Å². The number of pyridine rings is 1. The summed E-state index contributed by atoms with van der Waals surface area (Å²) in [6.45, 7) is 1.79. The summed E-state index contributed by atoms with van der Waals surface area (Å²) >= 11 is 0. The van der Waals surface area contributed by atoms with Crippen LogP contribution in [0.2, 0.25) is 0 Å². The van der Waals surface area contributed by atoms with E-state index in [4.69, 9.17) is 5.73 Å². The van der Waals surface area contributed by atoms with E-state index in [0.717, 1.165) is 57.4 Å². The first-order chi connectivity index (χ1) is 12.1. The van der Waals surface area contributed by atoms with Crippen LogP contribution >= 0.6 is 0 Å². The van der Waals surface area contributed by atoms with Gasteiger partial charge in [-0.2, -0.15) is 0 Å². The molecule has 0 atom stereocenters. The molecule has 1 aliphatic heterocycles. The van der Waals surface area contributed by atoms with E-state index in [9.17, 15) is 9.59 Å². The van der Waals surface area contributed by atoms with Gasteiger partial charge in [0, 0.05) is 37.3 Å². The Labute approximate surface area is 148 Å². The molecular formula is C18H27N5O2. The summed E-state index contributed by atoms with van der Waals surface area (Å²) in [5, 5.41) is 6.12. The van der Waals surface area contributed by atoms with Crippen LogP contribution in [0.4, 0.5) is 10.6 Å². The maximum atomic E-state index is 12.2. The number of urea groups is 1. The number of hydrogen-bond acceptors (Lipinski definition) is 4. The Balaban J connectivity index is 1.38. The zero-order valence-electron chi connectivity index (χ0n) is 14.5. The smallest absolute Gasteiger partial charge is 0.315 e. The molecule has 2 heterocycles. The lowest BCUT2D eigenvalue weighted by atomic mass is 9.86. The Morgan fingerprint density at radius 3 is 2.20 bits per heavy atom. The zero-order chi connectivity index (χ0) is 17.6. The van der Waals surface area contributed by atoms with E-state index in [1.165, 1.54) is 0 Å². The normalized spacial score (nSPS) is 24.6. The summed E-state index contributed by atoms with van der Waals surface area (Å²) in [6, 6.07) is 6.17. The monoisotopic (exact) mass is 345 g/mol. The third-order valence-corrected chi connectivity index (χ3v) is 5.27. The van der Waals surface area contributed by atoms with E-state index in [-0.39, 0.29) is 29.9 Å². The van der Waals surface area contributed by atoms with Crippen LogP contribution < -0.4 is 21.3 Å². The third-order valence-electron chi connectivity index (χ3n) is 5.27. The lowest BCUT2D eigenvalue weighted by Gasteiger charge is -2.34. The van der Waals surface area contributed by atoms with E-state index in [1.54, 1.807) is 6.20 Å². The molecule has 25 heavy (non-hydrogen) atoms. The van der Waals surface area contributed by atoms with Gasteiger partial charge in [-0.05, 0) is 50.7 Å². The Kier molecular flexibility index (Phi) is 5.73. The van der Waals surface area contributed by atoms with Crippen LogP contribution in [0.3, 0.4) is 0 Å². The number of amides is 3. The second kappa shape index (κ2) is 8.18. The van der Waals surface area contributed by atoms with E-state index in [2.05, 4.69) is 20.5 Å². The Hall–Kier alpha value is -2.31. The first-order valence-corrected chi connectivity index (χ1v) is 9.14. The van der Waals surface area contributed by atoms with Gasteiger partial charge in [-0.15, -0.1) is 0 Å². The molecule has 2 fully saturated rings. The van der Waals surface area contributed by atoms with Crippen molar-refractivity contribution in [3.05, 3.63) is 24.4 Å². The molecule has 3 rings (SSSR count). The van der Waals surface area contributed by atoms with Crippen LogP contribution in [-0.2, 0) is 4.79 Å². The SMILES string of the molecule is NC(=O)C1CCC(NC(=O)NC2CCN(c3ccccn3)CC2)CC1. The maximum absolute atomic E-state index is 12.2. The number of carbonyl (C=O) groups excluding carboxylic acids is 2. The molecule has 3 amide bonds. The van der Waals surface area contributed by atoms with Crippen molar-refractivity contribution in [1.82, 2.24) is 15.6 Å². The molecule has 0 bridgehead atoms. The molecule has 0 aromatic carbocycles. The van der Waals surface area contributed by atoms with Crippen LogP contribution in [0.25, 0.3) is 0 Å². The van der Waals surface area contributed by atoms with Gasteiger partial charge < -0.3 is 21.3 Å². The van der Waals surface area contributed by atoms with Crippen LogP contribution in [0.15, 0.2) is 24.4 Å². The molecule has 0 spiro atoms. The molecular weight excluding hydrogens is 318 g/mol. The van der Waals surface area contributed by atoms with Crippen molar-refractivity contribution in [2.24, 2.45) is 11.7 Å². The average molecular weight is 345 g/mol. The van der Waals surface area contributed by atoms with E-state index < -0.39 is 0 Å². The molecule has 0 radical (unpaired) electrons. The van der Waals surface area contributed by atoms with E-state index >= 15 is 0 Å². The molecule has 1 saturated carbocycles. The molecule has 7 heteroatoms. The van der Waals surface area contributed by atoms with Crippen molar-refractivity contribution in [1.29, 1.82) is 0 Å². The highest BCUT2D eigenvalue weighted by molar-refractivity contribution is 5.77. The summed E-state index contributed by atoms with van der Waals surface area (Å²) in [4.78, 5) is 30.0. The van der Waals surface area contributed by atoms with Crippen molar-refractivity contribution in [3.63, 3.8) is 0 Å². The number of anilines is 1. The van der Waals surface area contributed by atoms with Gasteiger partial charge in [-0.25, -0.2) is 9.78 Å². The van der Waals surface area contributed by atoms with Crippen LogP contribution in [0.5, 0.6) is 0 Å². The van der Waals surface area contributed by atoms with E-state index in [0.29, 0.717) is 0 Å². The Morgan fingerprint density at radius 2 is 1.64 bits per heavy atom. The van der Waals surface area contributed by atoms with Gasteiger partial charge in [0.15, 0.2) is 0 Å². The fraction of sp³-hybridized carbons (Fsp3) is 0.611. The molecule has 2 aliphatic rings. The molecule has 136 valence electrons. The number of nitrogens with zero attached hydrogens (tertiary/aromatic N) is 2. The zero-order valence-corrected chi connectivity index (χ0v) is 14.5. The topological polar surface area (TPSA) is 100 Å². The van der Waals surface area contributed by atoms with Crippen LogP contribution in [0, 0.1) is 5.92 Å². The largest absolute Gasteiger partial charge is 0.369 e. The Bertz CT molecular complexity index is 578. The molecule has 1 aromatic heterocycles. The third kappa shape index (κ3) is 4.84. The lowest BCUT2D eigenvalue weighted by Crippen LogP contribution is -2.51. The fourth-order valence-corrected chi connectivity index (χ4v) is 3.73. The fourth-order valence-electron chi connectivity index (χ4n) is 3.73. The second-order valence-electron chi connectivity index (χ2n) is 7.02. The van der Waals surface area contributed by atoms with Gasteiger partial charge in [-0.3, -0.25) is 4.79 Å². The highest BCUT2D eigenvalue weighted by Gasteiger charge is 2.27. The number of rotatable bonds is 4. The van der Waals surface area contributed by atoms with Crippen LogP contribution in [-0.4, -0.2) is 42.1 Å². The molecule has 1 aliphatic carbocycles. The highest BCUT2D eigenvalue weighted by atomic mass is 16.2. The van der Waals surface area contributed by atoms with Crippen molar-refractivity contribution in [2.45, 2.75) is 50.6 Å². The molecule has 0 unspecified atom stereocenters. The lowest BCUT2D eigenvalue weighted by molar-refractivity contribution is -0.122. The first kappa shape index (κ1) is 17.5. The standard InChI is InChI=1S/C18H27N5O2/c19-17(24)13-4-6-14(7-5-13)21-18(25)22-15-8-11-23(12-9-15)16-3-1-2-10-20-16/h1-3,10,13-15H,4-9,11-12H2,(H2,19,24)(H2,21,22,25). The molecule has 4 N–H and O–H groups in total. The minimum absolute atomic E-state index is 0.0305. The maximum Gasteiger partial charge on any atom is 0.315 e. The Morgan fingerprint density at radius 1 is 1.00 bits per heavy atom. The van der Waals surface area contributed by atoms with Gasteiger partial charge in [0.1, 0.15) is 5.82 Å². The van der Waals surface area contributed by atoms with Crippen LogP contribution in [0.1, 0.15) is 38.5 Å². The van der Waals surface area contributed by atoms with Gasteiger partial charge in [0.25, 0.3) is 0 Å². The second-order valence-corrected chi connectivity index (χ2v) is 7.02.